The van der Waals surface area contributed by atoms with Gasteiger partial charge in [0.1, 0.15) is 0 Å². The molecule has 2 atom stereocenters. The smallest absolute Gasteiger partial charge is 0.417 e. The molecular formula is C54H52Cl2F6N6O6. The summed E-state index contributed by atoms with van der Waals surface area (Å²) in [7, 11) is 0. The number of nitrogens with two attached hydrogens (primary N) is 2. The predicted molar refractivity (Wildman–Crippen MR) is 269 cm³/mol. The Morgan fingerprint density at radius 3 is 1.51 bits per heavy atom. The van der Waals surface area contributed by atoms with Crippen LogP contribution in [0.3, 0.4) is 0 Å². The molecule has 0 aliphatic carbocycles. The van der Waals surface area contributed by atoms with E-state index in [2.05, 4.69) is 20.6 Å². The number of rotatable bonds is 17. The third kappa shape index (κ3) is 16.3. The lowest BCUT2D eigenvalue weighted by Gasteiger charge is -2.31. The lowest BCUT2D eigenvalue weighted by Crippen LogP contribution is -2.51. The largest absolute Gasteiger partial charge is 0.462 e. The first kappa shape index (κ1) is 57.5. The van der Waals surface area contributed by atoms with Gasteiger partial charge in [0.05, 0.1) is 11.1 Å². The van der Waals surface area contributed by atoms with Crippen molar-refractivity contribution in [2.75, 3.05) is 0 Å². The van der Waals surface area contributed by atoms with Crippen LogP contribution < -0.4 is 31.6 Å². The third-order valence-electron chi connectivity index (χ3n) is 11.4. The highest BCUT2D eigenvalue weighted by Crippen LogP contribution is 2.33. The van der Waals surface area contributed by atoms with Crippen LogP contribution >= 0.6 is 23.2 Å². The second-order valence-electron chi connectivity index (χ2n) is 18.0. The highest BCUT2D eigenvalue weighted by molar-refractivity contribution is 6.30. The van der Waals surface area contributed by atoms with Gasteiger partial charge >= 0.3 is 12.4 Å². The first-order valence-electron chi connectivity index (χ1n) is 22.6. The Balaban J connectivity index is 0.000000274. The van der Waals surface area contributed by atoms with Crippen LogP contribution in [0.4, 0.5) is 26.3 Å². The number of alkyl halides is 6. The van der Waals surface area contributed by atoms with Gasteiger partial charge in [-0.1, -0.05) is 71.7 Å². The summed E-state index contributed by atoms with van der Waals surface area (Å²) in [5.41, 5.74) is 11.3. The molecule has 0 spiro atoms. The molecule has 6 N–H and O–H groups in total. The zero-order valence-corrected chi connectivity index (χ0v) is 42.3. The van der Waals surface area contributed by atoms with E-state index in [1.165, 1.54) is 27.7 Å². The maximum atomic E-state index is 13.2. The standard InChI is InChI=1S/C27H27ClF3N3O3.C27H25ClF3N3O3/c2*1-16(34-25(36)26(2,3)37-23-12-9-20(15-33-23)27(29,30)31)22(13-17-7-10-21(28)11-8-17)18-5-4-6-19(14-18)24(32)35/h4-12,14-16,22H,13H2,1-3H3,(H2,32,35)(H,34,36);4-12,14-15H,13H2,1-3H3,(H2,32,35)(H,34,36)/b;22-16-/t16-,22+;/m0./s1. The van der Waals surface area contributed by atoms with Crippen LogP contribution in [0.5, 0.6) is 11.8 Å². The minimum absolute atomic E-state index is 0.118. The van der Waals surface area contributed by atoms with Gasteiger partial charge in [0.15, 0.2) is 11.2 Å². The molecule has 20 heteroatoms. The minimum Gasteiger partial charge on any atom is -0.462 e. The fourth-order valence-corrected chi connectivity index (χ4v) is 7.46. The van der Waals surface area contributed by atoms with Gasteiger partial charge in [-0.3, -0.25) is 19.2 Å². The Morgan fingerprint density at radius 1 is 0.608 bits per heavy atom. The van der Waals surface area contributed by atoms with Gasteiger partial charge in [-0.05, 0) is 143 Å². The Hall–Kier alpha value is -7.44. The van der Waals surface area contributed by atoms with Crippen molar-refractivity contribution in [2.24, 2.45) is 11.5 Å². The van der Waals surface area contributed by atoms with Gasteiger partial charge in [0, 0.05) is 63.4 Å². The zero-order valence-electron chi connectivity index (χ0n) is 40.8. The normalized spacial score (nSPS) is 13.0. The number of hydrogen-bond acceptors (Lipinski definition) is 8. The summed E-state index contributed by atoms with van der Waals surface area (Å²) in [4.78, 5) is 57.2. The number of primary amides is 2. The molecule has 74 heavy (non-hydrogen) atoms. The van der Waals surface area contributed by atoms with Gasteiger partial charge in [-0.15, -0.1) is 0 Å². The van der Waals surface area contributed by atoms with Gasteiger partial charge in [-0.25, -0.2) is 9.97 Å². The van der Waals surface area contributed by atoms with E-state index in [1.807, 2.05) is 37.3 Å². The van der Waals surface area contributed by atoms with Crippen LogP contribution in [-0.4, -0.2) is 50.8 Å². The Morgan fingerprint density at radius 2 is 1.05 bits per heavy atom. The summed E-state index contributed by atoms with van der Waals surface area (Å²) in [5, 5.41) is 6.93. The fourth-order valence-electron chi connectivity index (χ4n) is 7.21. The quantitative estimate of drug-likeness (QED) is 0.0649. The number of hydrogen-bond donors (Lipinski definition) is 4. The molecule has 2 heterocycles. The number of nitrogens with one attached hydrogen (secondary N) is 2. The van der Waals surface area contributed by atoms with Gasteiger partial charge in [0.2, 0.25) is 23.6 Å². The summed E-state index contributed by atoms with van der Waals surface area (Å²) in [6.07, 6.45) is -6.86. The molecular weight excluding hydrogens is 1010 g/mol. The van der Waals surface area contributed by atoms with Crippen molar-refractivity contribution in [3.8, 4) is 11.8 Å². The third-order valence-corrected chi connectivity index (χ3v) is 11.9. The molecule has 0 radical (unpaired) electrons. The number of amides is 4. The van der Waals surface area contributed by atoms with E-state index in [0.29, 0.717) is 63.2 Å². The monoisotopic (exact) mass is 1060 g/mol. The maximum Gasteiger partial charge on any atom is 0.417 e. The Labute approximate surface area is 433 Å². The average Bonchev–Trinajstić information content (AvgIpc) is 3.33. The van der Waals surface area contributed by atoms with Crippen molar-refractivity contribution in [3.63, 3.8) is 0 Å². The summed E-state index contributed by atoms with van der Waals surface area (Å²) >= 11 is 12.0. The van der Waals surface area contributed by atoms with Crippen LogP contribution in [-0.2, 0) is 34.8 Å². The first-order chi connectivity index (χ1) is 34.5. The fraction of sp³-hybridized carbons (Fsp3) is 0.259. The Kier molecular flexibility index (Phi) is 18.7. The molecule has 0 saturated heterocycles. The number of aromatic nitrogens is 2. The molecule has 12 nitrogen and oxygen atoms in total. The second-order valence-corrected chi connectivity index (χ2v) is 18.9. The summed E-state index contributed by atoms with van der Waals surface area (Å²) < 4.78 is 88.1. The van der Waals surface area contributed by atoms with Crippen molar-refractivity contribution in [1.82, 2.24) is 20.6 Å². The molecule has 6 aromatic rings. The SMILES string of the molecule is C/C(NC(=O)C(C)(C)Oc1ccc(C(F)(F)F)cn1)=C(\Cc1ccc(Cl)cc1)c1cccc(C(N)=O)c1.C[C@H](NC(=O)C(C)(C)Oc1ccc(C(F)(F)F)cn1)[C@@H](Cc1ccc(Cl)cc1)c1cccc(C(N)=O)c1. The number of pyridine rings is 2. The molecule has 390 valence electrons. The highest BCUT2D eigenvalue weighted by atomic mass is 35.5. The lowest BCUT2D eigenvalue weighted by molar-refractivity contribution is -0.138. The molecule has 0 fully saturated rings. The van der Waals surface area contributed by atoms with Crippen LogP contribution in [0.25, 0.3) is 5.57 Å². The van der Waals surface area contributed by atoms with Gasteiger partial charge < -0.3 is 31.6 Å². The first-order valence-corrected chi connectivity index (χ1v) is 23.3. The molecule has 0 saturated carbocycles. The van der Waals surface area contributed by atoms with Crippen molar-refractivity contribution in [2.45, 2.75) is 89.9 Å². The number of allylic oxidation sites excluding steroid dienone is 2. The number of benzene rings is 4. The van der Waals surface area contributed by atoms with E-state index in [4.69, 9.17) is 44.1 Å². The predicted octanol–water partition coefficient (Wildman–Crippen LogP) is 11.3. The zero-order chi connectivity index (χ0) is 54.8. The summed E-state index contributed by atoms with van der Waals surface area (Å²) in [6, 6.07) is 31.4. The molecule has 0 unspecified atom stereocenters. The van der Waals surface area contributed by atoms with Crippen LogP contribution in [0.1, 0.15) is 102 Å². The van der Waals surface area contributed by atoms with E-state index in [1.54, 1.807) is 73.7 Å². The number of carbonyl (C=O) groups is 4. The van der Waals surface area contributed by atoms with Crippen LogP contribution in [0.2, 0.25) is 10.0 Å². The second kappa shape index (κ2) is 24.1. The number of nitrogens with zero attached hydrogens (tertiary/aromatic N) is 2. The minimum atomic E-state index is -4.54. The van der Waals surface area contributed by atoms with Gasteiger partial charge in [-0.2, -0.15) is 26.3 Å². The average molecular weight is 1070 g/mol. The molecule has 2 aromatic heterocycles. The molecule has 0 aliphatic heterocycles. The summed E-state index contributed by atoms with van der Waals surface area (Å²) in [5.74, 6) is -2.71. The molecule has 0 aliphatic rings. The summed E-state index contributed by atoms with van der Waals surface area (Å²) in [6.45, 7) is 9.46. The highest BCUT2D eigenvalue weighted by Gasteiger charge is 2.36. The van der Waals surface area contributed by atoms with Crippen LogP contribution in [0.15, 0.2) is 139 Å². The van der Waals surface area contributed by atoms with Crippen molar-refractivity contribution >= 4 is 52.4 Å². The van der Waals surface area contributed by atoms with E-state index in [-0.39, 0.29) is 17.7 Å². The molecule has 4 aromatic carbocycles. The van der Waals surface area contributed by atoms with Gasteiger partial charge in [0.25, 0.3) is 11.8 Å². The Bertz CT molecular complexity index is 2970. The van der Waals surface area contributed by atoms with Crippen molar-refractivity contribution in [1.29, 1.82) is 0 Å². The molecule has 6 rings (SSSR count). The van der Waals surface area contributed by atoms with E-state index in [9.17, 15) is 45.5 Å². The lowest BCUT2D eigenvalue weighted by atomic mass is 9.85. The number of halogens is 8. The topological polar surface area (TPSA) is 189 Å². The number of ether oxygens (including phenoxy) is 2. The molecule has 4 amide bonds. The van der Waals surface area contributed by atoms with Crippen molar-refractivity contribution < 1.29 is 55.0 Å². The number of carbonyl (C=O) groups excluding carboxylic acids is 4. The van der Waals surface area contributed by atoms with Crippen LogP contribution in [0, 0.1) is 0 Å². The van der Waals surface area contributed by atoms with Crippen molar-refractivity contribution in [3.05, 3.63) is 194 Å². The van der Waals surface area contributed by atoms with E-state index >= 15 is 0 Å². The molecule has 0 bridgehead atoms. The maximum absolute atomic E-state index is 13.2. The van der Waals surface area contributed by atoms with E-state index in [0.717, 1.165) is 41.0 Å². The van der Waals surface area contributed by atoms with E-state index < -0.39 is 64.4 Å².